The van der Waals surface area contributed by atoms with E-state index in [1.54, 1.807) is 35.8 Å². The van der Waals surface area contributed by atoms with Crippen molar-refractivity contribution in [3.8, 4) is 5.75 Å². The Morgan fingerprint density at radius 2 is 1.82 bits per heavy atom. The molecule has 0 bridgehead atoms. The van der Waals surface area contributed by atoms with Crippen LogP contribution in [0.1, 0.15) is 43.5 Å². The van der Waals surface area contributed by atoms with Gasteiger partial charge in [-0.15, -0.1) is 4.40 Å². The van der Waals surface area contributed by atoms with Crippen molar-refractivity contribution < 1.29 is 14.2 Å². The van der Waals surface area contributed by atoms with E-state index in [2.05, 4.69) is 23.6 Å². The van der Waals surface area contributed by atoms with Gasteiger partial charge < -0.3 is 15.0 Å². The number of anilines is 1. The highest BCUT2D eigenvalue weighted by Gasteiger charge is 2.30. The average Bonchev–Trinajstić information content (AvgIpc) is 2.66. The molecule has 1 aliphatic heterocycles. The van der Waals surface area contributed by atoms with Gasteiger partial charge in [-0.1, -0.05) is 49.6 Å². The van der Waals surface area contributed by atoms with Crippen molar-refractivity contribution >= 4 is 22.3 Å². The second-order valence-electron chi connectivity index (χ2n) is 7.11. The van der Waals surface area contributed by atoms with E-state index < -0.39 is 16.3 Å². The predicted octanol–water partition coefficient (Wildman–Crippen LogP) is 4.50. The third-order valence-electron chi connectivity index (χ3n) is 5.48. The largest absolute Gasteiger partial charge is 0.507 e. The van der Waals surface area contributed by atoms with E-state index in [1.165, 1.54) is 0 Å². The van der Waals surface area contributed by atoms with Crippen molar-refractivity contribution in [1.82, 2.24) is 4.57 Å². The Bertz CT molecular complexity index is 994. The number of rotatable bonds is 5. The molecule has 1 aromatic heterocycles. The molecule has 0 amide bonds. The number of fused-ring (bicyclic) bond motifs is 1. The molecule has 0 saturated heterocycles. The van der Waals surface area contributed by atoms with Crippen LogP contribution in [0, 0.1) is 19.8 Å². The van der Waals surface area contributed by atoms with Gasteiger partial charge in [-0.25, -0.2) is 0 Å². The molecule has 0 unspecified atom stereocenters. The predicted molar refractivity (Wildman–Crippen MR) is 114 cm³/mol. The van der Waals surface area contributed by atoms with E-state index >= 15 is 0 Å². The summed E-state index contributed by atoms with van der Waals surface area (Å²) in [5, 5.41) is 13.7. The molecule has 0 fully saturated rings. The zero-order valence-corrected chi connectivity index (χ0v) is 17.4. The summed E-state index contributed by atoms with van der Waals surface area (Å²) >= 11 is 0. The van der Waals surface area contributed by atoms with Crippen LogP contribution in [-0.4, -0.2) is 24.6 Å². The number of amidine groups is 1. The lowest BCUT2D eigenvalue weighted by Gasteiger charge is -2.34. The summed E-state index contributed by atoms with van der Waals surface area (Å²) in [7, 11) is -3.47. The van der Waals surface area contributed by atoms with Gasteiger partial charge in [-0.05, 0) is 31.9 Å². The number of hydrogen-bond acceptors (Lipinski definition) is 6. The summed E-state index contributed by atoms with van der Waals surface area (Å²) in [6, 6.07) is 6.68. The van der Waals surface area contributed by atoms with Crippen LogP contribution >= 0.6 is 10.8 Å². The maximum Gasteiger partial charge on any atom is 0.265 e. The van der Waals surface area contributed by atoms with Crippen LogP contribution in [0.5, 0.6) is 5.75 Å². The van der Waals surface area contributed by atoms with Gasteiger partial charge >= 0.3 is 0 Å². The van der Waals surface area contributed by atoms with Crippen molar-refractivity contribution in [2.75, 3.05) is 5.32 Å². The van der Waals surface area contributed by atoms with Gasteiger partial charge in [0.05, 0.1) is 5.69 Å². The molecular weight excluding hydrogens is 378 g/mol. The summed E-state index contributed by atoms with van der Waals surface area (Å²) in [5.74, 6) is 0.113. The van der Waals surface area contributed by atoms with Gasteiger partial charge in [-0.3, -0.25) is 13.9 Å². The fourth-order valence-corrected chi connectivity index (χ4v) is 4.60. The zero-order chi connectivity index (χ0) is 20.6. The second-order valence-corrected chi connectivity index (χ2v) is 8.77. The minimum atomic E-state index is -3.47. The van der Waals surface area contributed by atoms with E-state index in [1.807, 2.05) is 6.92 Å². The fraction of sp³-hybridized carbons (Fsp3) is 0.400. The van der Waals surface area contributed by atoms with Crippen molar-refractivity contribution in [1.29, 1.82) is 0 Å². The molecule has 0 aliphatic carbocycles. The summed E-state index contributed by atoms with van der Waals surface area (Å²) in [4.78, 5) is 13.5. The van der Waals surface area contributed by atoms with Crippen molar-refractivity contribution in [2.45, 2.75) is 52.0 Å². The maximum absolute atomic E-state index is 13.3. The zero-order valence-electron chi connectivity index (χ0n) is 16.6. The van der Waals surface area contributed by atoms with Crippen LogP contribution in [0.15, 0.2) is 38.4 Å². The Morgan fingerprint density at radius 1 is 1.18 bits per heavy atom. The normalized spacial score (nSPS) is 16.3. The molecule has 7 nitrogen and oxygen atoms in total. The first-order valence-corrected chi connectivity index (χ1v) is 10.9. The number of nitrogens with one attached hydrogen (secondary N) is 1. The van der Waals surface area contributed by atoms with Crippen LogP contribution in [0.4, 0.5) is 5.69 Å². The van der Waals surface area contributed by atoms with E-state index in [-0.39, 0.29) is 22.0 Å². The topological polar surface area (TPSA) is 107 Å². The van der Waals surface area contributed by atoms with E-state index in [9.17, 15) is 19.0 Å². The molecular formula is C20H27N3O4S. The maximum atomic E-state index is 13.3. The SMILES string of the molecule is CCC(CC)Cn1c(C)c(C)c(O)c(C2=NS(O)(O)c3ccccc3N2)c1=O. The number of para-hydroxylation sites is 1. The molecule has 1 aliphatic rings. The number of aromatic nitrogens is 1. The molecule has 3 rings (SSSR count). The molecule has 0 atom stereocenters. The highest BCUT2D eigenvalue weighted by molar-refractivity contribution is 8.23. The molecule has 2 heterocycles. The first-order valence-electron chi connectivity index (χ1n) is 9.38. The molecule has 0 saturated carbocycles. The number of aromatic hydroxyl groups is 1. The summed E-state index contributed by atoms with van der Waals surface area (Å²) in [6.45, 7) is 8.25. The molecule has 0 spiro atoms. The monoisotopic (exact) mass is 405 g/mol. The fourth-order valence-electron chi connectivity index (χ4n) is 3.43. The van der Waals surface area contributed by atoms with Gasteiger partial charge in [0.25, 0.3) is 5.56 Å². The number of nitrogens with zero attached hydrogens (tertiary/aromatic N) is 2. The van der Waals surface area contributed by atoms with Crippen LogP contribution in [-0.2, 0) is 6.54 Å². The summed E-state index contributed by atoms with van der Waals surface area (Å²) in [5.41, 5.74) is 1.29. The standard InChI is InChI=1S/C20H27N3O4S/c1-5-14(6-2)11-23-13(4)12(3)18(24)17(20(23)25)19-21-15-9-7-8-10-16(15)28(26,27)22-19/h7-10,14,24,26-27H,5-6,11H2,1-4H3,(H,21,22). The van der Waals surface area contributed by atoms with E-state index in [0.717, 1.165) is 12.8 Å². The van der Waals surface area contributed by atoms with Crippen molar-refractivity contribution in [2.24, 2.45) is 10.3 Å². The molecule has 152 valence electrons. The summed E-state index contributed by atoms with van der Waals surface area (Å²) in [6.07, 6.45) is 1.87. The van der Waals surface area contributed by atoms with Gasteiger partial charge in [0.15, 0.2) is 5.84 Å². The highest BCUT2D eigenvalue weighted by atomic mass is 32.3. The lowest BCUT2D eigenvalue weighted by Crippen LogP contribution is -2.34. The van der Waals surface area contributed by atoms with Gasteiger partial charge in [0, 0.05) is 17.8 Å². The molecule has 28 heavy (non-hydrogen) atoms. The summed E-state index contributed by atoms with van der Waals surface area (Å²) < 4.78 is 26.6. The third-order valence-corrected chi connectivity index (χ3v) is 6.87. The average molecular weight is 406 g/mol. The quantitative estimate of drug-likeness (QED) is 0.586. The third kappa shape index (κ3) is 3.43. The Hall–Kier alpha value is -2.29. The van der Waals surface area contributed by atoms with Crippen LogP contribution in [0.2, 0.25) is 0 Å². The van der Waals surface area contributed by atoms with Crippen LogP contribution in [0.25, 0.3) is 0 Å². The number of pyridine rings is 1. The Kier molecular flexibility index (Phi) is 5.56. The molecule has 0 radical (unpaired) electrons. The first-order chi connectivity index (χ1) is 13.2. The minimum absolute atomic E-state index is 0.0254. The van der Waals surface area contributed by atoms with Gasteiger partial charge in [0.2, 0.25) is 0 Å². The number of hydrogen-bond donors (Lipinski definition) is 4. The smallest absolute Gasteiger partial charge is 0.265 e. The molecule has 2 aromatic rings. The molecule has 8 heteroatoms. The Morgan fingerprint density at radius 3 is 2.46 bits per heavy atom. The van der Waals surface area contributed by atoms with E-state index in [4.69, 9.17) is 0 Å². The minimum Gasteiger partial charge on any atom is -0.507 e. The number of benzene rings is 1. The van der Waals surface area contributed by atoms with Crippen molar-refractivity contribution in [3.05, 3.63) is 51.4 Å². The molecule has 1 aromatic carbocycles. The Balaban J connectivity index is 2.19. The van der Waals surface area contributed by atoms with Gasteiger partial charge in [0.1, 0.15) is 16.2 Å². The first kappa shape index (κ1) is 20.4. The van der Waals surface area contributed by atoms with Crippen molar-refractivity contribution in [3.63, 3.8) is 0 Å². The van der Waals surface area contributed by atoms with E-state index in [0.29, 0.717) is 29.4 Å². The second kappa shape index (κ2) is 7.62. The van der Waals surface area contributed by atoms with Crippen LogP contribution < -0.4 is 10.9 Å². The highest BCUT2D eigenvalue weighted by Crippen LogP contribution is 2.55. The molecule has 4 N–H and O–H groups in total. The lowest BCUT2D eigenvalue weighted by atomic mass is 10.0. The van der Waals surface area contributed by atoms with Gasteiger partial charge in [-0.2, -0.15) is 0 Å². The Labute approximate surface area is 166 Å². The lowest BCUT2D eigenvalue weighted by molar-refractivity contribution is 0.401. The van der Waals surface area contributed by atoms with Crippen LogP contribution in [0.3, 0.4) is 0 Å².